The van der Waals surface area contributed by atoms with Gasteiger partial charge in [-0.05, 0) is 41.2 Å². The molecule has 0 saturated heterocycles. The van der Waals surface area contributed by atoms with Crippen LogP contribution in [0.4, 0.5) is 5.69 Å². The molecule has 0 aromatic carbocycles. The predicted molar refractivity (Wildman–Crippen MR) is 79.1 cm³/mol. The van der Waals surface area contributed by atoms with Crippen LogP contribution in [0.2, 0.25) is 0 Å². The molecule has 110 valence electrons. The summed E-state index contributed by atoms with van der Waals surface area (Å²) in [5, 5.41) is 14.6. The van der Waals surface area contributed by atoms with Crippen molar-refractivity contribution in [3.05, 3.63) is 11.4 Å². The summed E-state index contributed by atoms with van der Waals surface area (Å²) >= 11 is 0. The minimum absolute atomic E-state index is 0.0923. The van der Waals surface area contributed by atoms with Crippen molar-refractivity contribution >= 4 is 5.69 Å². The Hall–Kier alpha value is -1.07. The van der Waals surface area contributed by atoms with Crippen molar-refractivity contribution in [2.24, 2.45) is 0 Å². The number of hydrogen-bond acceptors (Lipinski definition) is 4. The predicted octanol–water partition coefficient (Wildman–Crippen LogP) is 1.56. The lowest BCUT2D eigenvalue weighted by molar-refractivity contribution is 0.0573. The fourth-order valence-corrected chi connectivity index (χ4v) is 1.98. The number of nitrogens with zero attached hydrogens (tertiary/aromatic N) is 3. The number of β-amino-alcohol motifs (C(OH)–C–C–N with tert-alkyl or cyclic N) is 1. The smallest absolute Gasteiger partial charge is 0.0862 e. The highest BCUT2D eigenvalue weighted by Gasteiger charge is 2.23. The normalized spacial score (nSPS) is 14.1. The molecule has 0 spiro atoms. The van der Waals surface area contributed by atoms with Gasteiger partial charge < -0.3 is 10.8 Å². The van der Waals surface area contributed by atoms with Gasteiger partial charge in [0.1, 0.15) is 0 Å². The molecule has 5 nitrogen and oxygen atoms in total. The quantitative estimate of drug-likeness (QED) is 0.821. The monoisotopic (exact) mass is 268 g/mol. The largest absolute Gasteiger partial charge is 0.396 e. The van der Waals surface area contributed by atoms with Gasteiger partial charge in [-0.2, -0.15) is 5.10 Å². The van der Waals surface area contributed by atoms with E-state index >= 15 is 0 Å². The third-order valence-electron chi connectivity index (χ3n) is 4.20. The van der Waals surface area contributed by atoms with Gasteiger partial charge >= 0.3 is 0 Å². The highest BCUT2D eigenvalue weighted by molar-refractivity contribution is 5.46. The van der Waals surface area contributed by atoms with E-state index in [1.165, 1.54) is 0 Å². The molecule has 0 saturated carbocycles. The van der Waals surface area contributed by atoms with Crippen molar-refractivity contribution in [1.29, 1.82) is 0 Å². The molecule has 19 heavy (non-hydrogen) atoms. The van der Waals surface area contributed by atoms with Crippen LogP contribution >= 0.6 is 0 Å². The van der Waals surface area contributed by atoms with Crippen LogP contribution in [0.1, 0.15) is 38.6 Å². The van der Waals surface area contributed by atoms with E-state index in [9.17, 15) is 5.11 Å². The lowest BCUT2D eigenvalue weighted by Crippen LogP contribution is -2.45. The lowest BCUT2D eigenvalue weighted by atomic mass is 9.99. The molecule has 1 atom stereocenters. The fraction of sp³-hybridized carbons (Fsp3) is 0.786. The van der Waals surface area contributed by atoms with Crippen LogP contribution in [0.15, 0.2) is 0 Å². The lowest BCUT2D eigenvalue weighted by Gasteiger charge is -2.36. The summed E-state index contributed by atoms with van der Waals surface area (Å²) in [6.07, 6.45) is 0.594. The highest BCUT2D eigenvalue weighted by atomic mass is 16.3. The maximum atomic E-state index is 10.2. The zero-order valence-electron chi connectivity index (χ0n) is 13.1. The van der Waals surface area contributed by atoms with E-state index in [4.69, 9.17) is 5.73 Å². The first-order valence-corrected chi connectivity index (χ1v) is 6.87. The molecule has 3 N–H and O–H groups in total. The van der Waals surface area contributed by atoms with Gasteiger partial charge in [0.25, 0.3) is 0 Å². The summed E-state index contributed by atoms with van der Waals surface area (Å²) in [7, 11) is 2.04. The van der Waals surface area contributed by atoms with Gasteiger partial charge in [-0.25, -0.2) is 0 Å². The number of anilines is 1. The van der Waals surface area contributed by atoms with Crippen LogP contribution in [0.25, 0.3) is 0 Å². The number of hydrogen-bond donors (Lipinski definition) is 2. The molecule has 0 bridgehead atoms. The molecule has 0 aliphatic rings. The molecular weight excluding hydrogens is 240 g/mol. The van der Waals surface area contributed by atoms with Crippen LogP contribution in [-0.2, 0) is 6.54 Å². The molecule has 0 aliphatic carbocycles. The van der Waals surface area contributed by atoms with Gasteiger partial charge in [0, 0.05) is 12.1 Å². The summed E-state index contributed by atoms with van der Waals surface area (Å²) in [6, 6.07) is 0. The first-order chi connectivity index (χ1) is 8.69. The summed E-state index contributed by atoms with van der Waals surface area (Å²) in [6.45, 7) is 11.4. The van der Waals surface area contributed by atoms with Crippen molar-refractivity contribution in [2.75, 3.05) is 19.3 Å². The molecule has 1 rings (SSSR count). The van der Waals surface area contributed by atoms with Crippen molar-refractivity contribution in [1.82, 2.24) is 14.7 Å². The average Bonchev–Trinajstić information content (AvgIpc) is 2.56. The van der Waals surface area contributed by atoms with Gasteiger partial charge in [0.15, 0.2) is 0 Å². The number of nitrogens with two attached hydrogens (primary N) is 1. The first kappa shape index (κ1) is 16.0. The first-order valence-electron chi connectivity index (χ1n) is 6.87. The fourth-order valence-electron chi connectivity index (χ4n) is 1.98. The molecule has 1 aromatic heterocycles. The second-order valence-corrected chi connectivity index (χ2v) is 5.97. The van der Waals surface area contributed by atoms with Crippen LogP contribution < -0.4 is 5.73 Å². The van der Waals surface area contributed by atoms with Crippen molar-refractivity contribution < 1.29 is 5.11 Å². The number of aliphatic hydroxyl groups excluding tert-OH is 1. The second kappa shape index (κ2) is 5.92. The topological polar surface area (TPSA) is 67.3 Å². The number of rotatable bonds is 6. The SMILES string of the molecule is CCC(C)(C)N(C)CC(O)Cn1nc(C)c(N)c1C. The third-order valence-corrected chi connectivity index (χ3v) is 4.20. The Balaban J connectivity index is 2.65. The van der Waals surface area contributed by atoms with E-state index in [1.807, 2.05) is 20.9 Å². The number of aryl methyl sites for hydroxylation is 1. The van der Waals surface area contributed by atoms with E-state index in [0.29, 0.717) is 13.1 Å². The Morgan fingerprint density at radius 3 is 2.42 bits per heavy atom. The van der Waals surface area contributed by atoms with E-state index in [1.54, 1.807) is 4.68 Å². The molecule has 0 radical (unpaired) electrons. The average molecular weight is 268 g/mol. The molecule has 1 heterocycles. The summed E-state index contributed by atoms with van der Waals surface area (Å²) in [4.78, 5) is 2.19. The molecule has 1 aromatic rings. The van der Waals surface area contributed by atoms with Gasteiger partial charge in [-0.3, -0.25) is 9.58 Å². The van der Waals surface area contributed by atoms with E-state index in [0.717, 1.165) is 23.5 Å². The Kier molecular flexibility index (Phi) is 4.98. The van der Waals surface area contributed by atoms with Crippen LogP contribution in [-0.4, -0.2) is 45.0 Å². The maximum absolute atomic E-state index is 10.2. The molecule has 1 unspecified atom stereocenters. The second-order valence-electron chi connectivity index (χ2n) is 5.97. The van der Waals surface area contributed by atoms with Crippen LogP contribution in [0.3, 0.4) is 0 Å². The van der Waals surface area contributed by atoms with Crippen LogP contribution in [0, 0.1) is 13.8 Å². The van der Waals surface area contributed by atoms with Gasteiger partial charge in [-0.15, -0.1) is 0 Å². The third kappa shape index (κ3) is 3.70. The number of nitrogen functional groups attached to an aromatic ring is 1. The van der Waals surface area contributed by atoms with Gasteiger partial charge in [0.2, 0.25) is 0 Å². The van der Waals surface area contributed by atoms with Crippen molar-refractivity contribution in [2.45, 2.75) is 59.2 Å². The molecule has 0 aliphatic heterocycles. The Labute approximate surface area is 116 Å². The minimum atomic E-state index is -0.451. The minimum Gasteiger partial charge on any atom is -0.396 e. The zero-order chi connectivity index (χ0) is 14.8. The van der Waals surface area contributed by atoms with Crippen LogP contribution in [0.5, 0.6) is 0 Å². The number of likely N-dealkylation sites (N-methyl/N-ethyl adjacent to an activating group) is 1. The Bertz CT molecular complexity index is 425. The van der Waals surface area contributed by atoms with E-state index in [-0.39, 0.29) is 5.54 Å². The zero-order valence-corrected chi connectivity index (χ0v) is 13.1. The summed E-state index contributed by atoms with van der Waals surface area (Å²) in [5.74, 6) is 0. The summed E-state index contributed by atoms with van der Waals surface area (Å²) in [5.41, 5.74) is 8.46. The molecule has 0 fully saturated rings. The standard InChI is InChI=1S/C14H28N4O/c1-7-14(4,5)17(6)8-12(19)9-18-11(3)13(15)10(2)16-18/h12,19H,7-9,15H2,1-6H3. The molecule has 5 heteroatoms. The summed E-state index contributed by atoms with van der Waals surface area (Å²) < 4.78 is 1.79. The van der Waals surface area contributed by atoms with E-state index in [2.05, 4.69) is 30.8 Å². The molecular formula is C14H28N4O. The molecule has 0 amide bonds. The number of aliphatic hydroxyl groups is 1. The van der Waals surface area contributed by atoms with E-state index < -0.39 is 6.10 Å². The maximum Gasteiger partial charge on any atom is 0.0862 e. The highest BCUT2D eigenvalue weighted by Crippen LogP contribution is 2.18. The Morgan fingerprint density at radius 2 is 2.00 bits per heavy atom. The number of aromatic nitrogens is 2. The van der Waals surface area contributed by atoms with Crippen molar-refractivity contribution in [3.63, 3.8) is 0 Å². The van der Waals surface area contributed by atoms with Gasteiger partial charge in [-0.1, -0.05) is 6.92 Å². The Morgan fingerprint density at radius 1 is 1.42 bits per heavy atom. The van der Waals surface area contributed by atoms with Gasteiger partial charge in [0.05, 0.1) is 29.7 Å². The van der Waals surface area contributed by atoms with Crippen molar-refractivity contribution in [3.8, 4) is 0 Å².